The van der Waals surface area contributed by atoms with Crippen LogP contribution in [0.5, 0.6) is 5.75 Å². The summed E-state index contributed by atoms with van der Waals surface area (Å²) < 4.78 is 35.1. The standard InChI is InChI=1S/C21H24ClF2N3O4/c1-13(2)11-27-20(22)17(14(3)26-27)8-9-19(29)30-12-18(28)25-10-15-4-6-16(7-5-15)31-21(23)24/h4-9,13,21H,10-12H2,1-3H3,(H,25,28). The van der Waals surface area contributed by atoms with Gasteiger partial charge in [0, 0.05) is 24.7 Å². The van der Waals surface area contributed by atoms with Gasteiger partial charge in [0.15, 0.2) is 6.61 Å². The van der Waals surface area contributed by atoms with Crippen molar-refractivity contribution in [1.82, 2.24) is 15.1 Å². The summed E-state index contributed by atoms with van der Waals surface area (Å²) in [6, 6.07) is 5.82. The SMILES string of the molecule is Cc1nn(CC(C)C)c(Cl)c1C=CC(=O)OCC(=O)NCc1ccc(OC(F)F)cc1. The first-order valence-corrected chi connectivity index (χ1v) is 9.91. The van der Waals surface area contributed by atoms with Gasteiger partial charge in [-0.25, -0.2) is 4.79 Å². The van der Waals surface area contributed by atoms with Crippen LogP contribution in [0.15, 0.2) is 30.3 Å². The fourth-order valence-electron chi connectivity index (χ4n) is 2.60. The van der Waals surface area contributed by atoms with Crippen LogP contribution >= 0.6 is 11.6 Å². The van der Waals surface area contributed by atoms with Crippen LogP contribution in [0.4, 0.5) is 8.78 Å². The molecule has 1 aromatic heterocycles. The fourth-order valence-corrected chi connectivity index (χ4v) is 2.91. The Balaban J connectivity index is 1.79. The number of carbonyl (C=O) groups excluding carboxylic acids is 2. The average molecular weight is 456 g/mol. The minimum atomic E-state index is -2.90. The molecule has 2 aromatic rings. The van der Waals surface area contributed by atoms with Crippen molar-refractivity contribution in [2.75, 3.05) is 6.61 Å². The number of aryl methyl sites for hydroxylation is 1. The van der Waals surface area contributed by atoms with Crippen LogP contribution in [-0.2, 0) is 27.4 Å². The van der Waals surface area contributed by atoms with Gasteiger partial charge in [-0.3, -0.25) is 9.48 Å². The number of carbonyl (C=O) groups is 2. The third kappa shape index (κ3) is 8.01. The summed E-state index contributed by atoms with van der Waals surface area (Å²) >= 11 is 6.31. The molecule has 1 amide bonds. The molecule has 0 fully saturated rings. The minimum Gasteiger partial charge on any atom is -0.452 e. The third-order valence-corrected chi connectivity index (χ3v) is 4.42. The monoisotopic (exact) mass is 455 g/mol. The van der Waals surface area contributed by atoms with Crippen LogP contribution in [0.1, 0.15) is 30.7 Å². The smallest absolute Gasteiger partial charge is 0.387 e. The number of nitrogens with zero attached hydrogens (tertiary/aromatic N) is 2. The highest BCUT2D eigenvalue weighted by atomic mass is 35.5. The van der Waals surface area contributed by atoms with Crippen molar-refractivity contribution in [2.45, 2.75) is 40.5 Å². The van der Waals surface area contributed by atoms with E-state index < -0.39 is 25.1 Å². The highest BCUT2D eigenvalue weighted by molar-refractivity contribution is 6.31. The molecular formula is C21H24ClF2N3O4. The number of halogens is 3. The van der Waals surface area contributed by atoms with E-state index in [4.69, 9.17) is 16.3 Å². The van der Waals surface area contributed by atoms with Crippen molar-refractivity contribution in [1.29, 1.82) is 0 Å². The van der Waals surface area contributed by atoms with E-state index in [1.807, 2.05) is 13.8 Å². The Hall–Kier alpha value is -2.94. The number of hydrogen-bond donors (Lipinski definition) is 1. The Labute approximate surface area is 184 Å². The molecule has 0 aliphatic heterocycles. The number of benzene rings is 1. The number of nitrogens with one attached hydrogen (secondary N) is 1. The minimum absolute atomic E-state index is 0.0240. The van der Waals surface area contributed by atoms with E-state index in [1.165, 1.54) is 36.4 Å². The Morgan fingerprint density at radius 2 is 1.94 bits per heavy atom. The van der Waals surface area contributed by atoms with Crippen molar-refractivity contribution in [3.05, 3.63) is 52.3 Å². The van der Waals surface area contributed by atoms with Crippen molar-refractivity contribution >= 4 is 29.6 Å². The van der Waals surface area contributed by atoms with Crippen LogP contribution < -0.4 is 10.1 Å². The molecule has 0 spiro atoms. The Bertz CT molecular complexity index is 927. The molecule has 168 valence electrons. The molecular weight excluding hydrogens is 432 g/mol. The molecule has 1 heterocycles. The van der Waals surface area contributed by atoms with Gasteiger partial charge in [0.1, 0.15) is 10.9 Å². The van der Waals surface area contributed by atoms with Crippen molar-refractivity contribution in [3.63, 3.8) is 0 Å². The average Bonchev–Trinajstić information content (AvgIpc) is 2.96. The third-order valence-electron chi connectivity index (χ3n) is 4.02. The molecule has 0 saturated heterocycles. The Morgan fingerprint density at radius 1 is 1.26 bits per heavy atom. The summed E-state index contributed by atoms with van der Waals surface area (Å²) in [4.78, 5) is 23.7. The van der Waals surface area contributed by atoms with Crippen LogP contribution in [0.2, 0.25) is 5.15 Å². The van der Waals surface area contributed by atoms with E-state index >= 15 is 0 Å². The molecule has 10 heteroatoms. The molecule has 7 nitrogen and oxygen atoms in total. The summed E-state index contributed by atoms with van der Waals surface area (Å²) in [5, 5.41) is 7.34. The predicted octanol–water partition coefficient (Wildman–Crippen LogP) is 3.98. The van der Waals surface area contributed by atoms with Gasteiger partial charge in [-0.15, -0.1) is 0 Å². The predicted molar refractivity (Wildman–Crippen MR) is 112 cm³/mol. The molecule has 0 saturated carbocycles. The number of ether oxygens (including phenoxy) is 2. The molecule has 1 N–H and O–H groups in total. The first-order valence-electron chi connectivity index (χ1n) is 9.54. The topological polar surface area (TPSA) is 82.5 Å². The second-order valence-corrected chi connectivity index (χ2v) is 7.46. The molecule has 0 unspecified atom stereocenters. The van der Waals surface area contributed by atoms with Gasteiger partial charge in [0.25, 0.3) is 5.91 Å². The molecule has 0 atom stereocenters. The number of aromatic nitrogens is 2. The lowest BCUT2D eigenvalue weighted by molar-refractivity contribution is -0.143. The summed E-state index contributed by atoms with van der Waals surface area (Å²) in [5.41, 5.74) is 1.96. The van der Waals surface area contributed by atoms with Gasteiger partial charge >= 0.3 is 12.6 Å². The lowest BCUT2D eigenvalue weighted by Gasteiger charge is -2.07. The quantitative estimate of drug-likeness (QED) is 0.433. The maximum atomic E-state index is 12.1. The number of alkyl halides is 2. The second-order valence-electron chi connectivity index (χ2n) is 7.11. The summed E-state index contributed by atoms with van der Waals surface area (Å²) in [6.45, 7) is 3.31. The highest BCUT2D eigenvalue weighted by Crippen LogP contribution is 2.22. The molecule has 0 aliphatic carbocycles. The van der Waals surface area contributed by atoms with Gasteiger partial charge in [-0.2, -0.15) is 13.9 Å². The van der Waals surface area contributed by atoms with E-state index in [0.29, 0.717) is 34.4 Å². The summed E-state index contributed by atoms with van der Waals surface area (Å²) in [5.74, 6) is -0.818. The normalized spacial score (nSPS) is 11.4. The van der Waals surface area contributed by atoms with Crippen molar-refractivity contribution in [3.8, 4) is 5.75 Å². The highest BCUT2D eigenvalue weighted by Gasteiger charge is 2.13. The van der Waals surface area contributed by atoms with Crippen LogP contribution in [0.3, 0.4) is 0 Å². The van der Waals surface area contributed by atoms with Gasteiger partial charge in [-0.1, -0.05) is 37.6 Å². The van der Waals surface area contributed by atoms with Gasteiger partial charge in [0.05, 0.1) is 5.69 Å². The largest absolute Gasteiger partial charge is 0.452 e. The molecule has 2 rings (SSSR count). The number of amides is 1. The van der Waals surface area contributed by atoms with E-state index in [-0.39, 0.29) is 12.3 Å². The number of esters is 1. The fraction of sp³-hybridized carbons (Fsp3) is 0.381. The zero-order chi connectivity index (χ0) is 23.0. The van der Waals surface area contributed by atoms with Gasteiger partial charge in [0.2, 0.25) is 0 Å². The Morgan fingerprint density at radius 3 is 2.55 bits per heavy atom. The van der Waals surface area contributed by atoms with Crippen LogP contribution in [0.25, 0.3) is 6.08 Å². The Kier molecular flexibility index (Phi) is 8.99. The summed E-state index contributed by atoms with van der Waals surface area (Å²) in [6.07, 6.45) is 2.69. The number of rotatable bonds is 10. The zero-order valence-corrected chi connectivity index (χ0v) is 18.2. The van der Waals surface area contributed by atoms with E-state index in [9.17, 15) is 18.4 Å². The zero-order valence-electron chi connectivity index (χ0n) is 17.4. The summed E-state index contributed by atoms with van der Waals surface area (Å²) in [7, 11) is 0. The van der Waals surface area contributed by atoms with Crippen LogP contribution in [-0.4, -0.2) is 34.9 Å². The first-order chi connectivity index (χ1) is 14.7. The molecule has 0 bridgehead atoms. The van der Waals surface area contributed by atoms with Crippen LogP contribution in [0, 0.1) is 12.8 Å². The maximum absolute atomic E-state index is 12.1. The molecule has 0 radical (unpaired) electrons. The van der Waals surface area contributed by atoms with Gasteiger partial charge < -0.3 is 14.8 Å². The number of hydrogen-bond acceptors (Lipinski definition) is 5. The molecule has 1 aromatic carbocycles. The second kappa shape index (κ2) is 11.5. The van der Waals surface area contributed by atoms with E-state index in [2.05, 4.69) is 15.2 Å². The van der Waals surface area contributed by atoms with Crippen molar-refractivity contribution < 1.29 is 27.8 Å². The van der Waals surface area contributed by atoms with E-state index in [1.54, 1.807) is 11.6 Å². The first kappa shape index (κ1) is 24.3. The maximum Gasteiger partial charge on any atom is 0.387 e. The molecule has 31 heavy (non-hydrogen) atoms. The lowest BCUT2D eigenvalue weighted by Crippen LogP contribution is -2.28. The van der Waals surface area contributed by atoms with E-state index in [0.717, 1.165) is 0 Å². The lowest BCUT2D eigenvalue weighted by atomic mass is 10.2. The van der Waals surface area contributed by atoms with Crippen molar-refractivity contribution in [2.24, 2.45) is 5.92 Å². The molecule has 0 aliphatic rings. The van der Waals surface area contributed by atoms with Gasteiger partial charge in [-0.05, 0) is 36.6 Å².